The van der Waals surface area contributed by atoms with Gasteiger partial charge >= 0.3 is 11.9 Å². The van der Waals surface area contributed by atoms with Crippen molar-refractivity contribution in [2.24, 2.45) is 0 Å². The van der Waals surface area contributed by atoms with Crippen LogP contribution in [0.25, 0.3) is 0 Å². The summed E-state index contributed by atoms with van der Waals surface area (Å²) >= 11 is 0. The average Bonchev–Trinajstić information content (AvgIpc) is 3.14. The molecule has 0 spiro atoms. The van der Waals surface area contributed by atoms with E-state index in [9.17, 15) is 20.2 Å². The fraction of sp³-hybridized carbons (Fsp3) is 0.500. The zero-order valence-corrected chi connectivity index (χ0v) is 12.4. The summed E-state index contributed by atoms with van der Waals surface area (Å²) in [7, 11) is 0. The Balaban J connectivity index is 1.61. The summed E-state index contributed by atoms with van der Waals surface area (Å²) in [5, 5.41) is 24.6. The van der Waals surface area contributed by atoms with Gasteiger partial charge in [0.15, 0.2) is 0 Å². The molecule has 23 heavy (non-hydrogen) atoms. The Hall–Kier alpha value is -2.82. The number of aromatic nitrogens is 4. The number of rotatable bonds is 10. The molecule has 0 aliphatic heterocycles. The van der Waals surface area contributed by atoms with Crippen LogP contribution >= 0.6 is 0 Å². The summed E-state index contributed by atoms with van der Waals surface area (Å²) in [6.45, 7) is 2.41. The van der Waals surface area contributed by atoms with E-state index in [2.05, 4.69) is 15.3 Å². The highest BCUT2D eigenvalue weighted by atomic mass is 16.6. The number of hydrogen-bond donors (Lipinski definition) is 1. The summed E-state index contributed by atoms with van der Waals surface area (Å²) in [5.41, 5.74) is 0. The first-order valence-electron chi connectivity index (χ1n) is 7.11. The molecule has 11 heteroatoms. The molecule has 0 unspecified atom stereocenters. The number of aryl methyl sites for hydroxylation is 2. The number of hydrogen-bond acceptors (Lipinski definition) is 7. The number of nitrogens with one attached hydrogen (secondary N) is 1. The second-order valence-corrected chi connectivity index (χ2v) is 4.81. The topological polar surface area (TPSA) is 134 Å². The van der Waals surface area contributed by atoms with Crippen molar-refractivity contribution in [1.82, 2.24) is 24.4 Å². The van der Waals surface area contributed by atoms with Crippen LogP contribution in [-0.2, 0) is 13.1 Å². The highest BCUT2D eigenvalue weighted by Crippen LogP contribution is 2.08. The predicted octanol–water partition coefficient (Wildman–Crippen LogP) is 0.966. The van der Waals surface area contributed by atoms with Gasteiger partial charge in [0.25, 0.3) is 0 Å². The lowest BCUT2D eigenvalue weighted by Gasteiger charge is -2.05. The van der Waals surface area contributed by atoms with E-state index < -0.39 is 9.85 Å². The van der Waals surface area contributed by atoms with Crippen LogP contribution in [0, 0.1) is 20.2 Å². The third-order valence-corrected chi connectivity index (χ3v) is 3.22. The summed E-state index contributed by atoms with van der Waals surface area (Å²) in [5.74, 6) is -0.310. The molecule has 0 aromatic carbocycles. The number of nitro groups is 2. The van der Waals surface area contributed by atoms with Crippen LogP contribution in [0.4, 0.5) is 11.9 Å². The first-order valence-corrected chi connectivity index (χ1v) is 7.11. The molecule has 0 amide bonds. The fourth-order valence-corrected chi connectivity index (χ4v) is 2.17. The van der Waals surface area contributed by atoms with Gasteiger partial charge in [-0.25, -0.2) is 9.13 Å². The predicted molar refractivity (Wildman–Crippen MR) is 79.9 cm³/mol. The molecule has 2 heterocycles. The molecular formula is C12H17N7O4. The third-order valence-electron chi connectivity index (χ3n) is 3.22. The van der Waals surface area contributed by atoms with Crippen LogP contribution in [0.1, 0.15) is 12.8 Å². The van der Waals surface area contributed by atoms with Crippen molar-refractivity contribution < 1.29 is 9.85 Å². The van der Waals surface area contributed by atoms with Gasteiger partial charge < -0.3 is 25.5 Å². The number of nitrogens with zero attached hydrogens (tertiary/aromatic N) is 6. The number of imidazole rings is 2. The normalized spacial score (nSPS) is 10.8. The van der Waals surface area contributed by atoms with Gasteiger partial charge in [0.1, 0.15) is 24.8 Å². The van der Waals surface area contributed by atoms with Crippen molar-refractivity contribution in [3.8, 4) is 0 Å². The monoisotopic (exact) mass is 323 g/mol. The lowest BCUT2D eigenvalue weighted by Crippen LogP contribution is -2.20. The summed E-state index contributed by atoms with van der Waals surface area (Å²) in [6.07, 6.45) is 7.42. The molecular weight excluding hydrogens is 306 g/mol. The highest BCUT2D eigenvalue weighted by molar-refractivity contribution is 5.06. The molecule has 11 nitrogen and oxygen atoms in total. The zero-order chi connectivity index (χ0) is 16.7. The Morgan fingerprint density at radius 2 is 1.35 bits per heavy atom. The lowest BCUT2D eigenvalue weighted by molar-refractivity contribution is -0.396. The van der Waals surface area contributed by atoms with Crippen LogP contribution < -0.4 is 5.32 Å². The van der Waals surface area contributed by atoms with Gasteiger partial charge in [-0.05, 0) is 35.8 Å². The lowest BCUT2D eigenvalue weighted by atomic mass is 10.3. The van der Waals surface area contributed by atoms with Gasteiger partial charge in [-0.1, -0.05) is 9.97 Å². The van der Waals surface area contributed by atoms with Gasteiger partial charge in [-0.15, -0.1) is 0 Å². The van der Waals surface area contributed by atoms with E-state index in [1.165, 1.54) is 21.5 Å². The van der Waals surface area contributed by atoms with Crippen LogP contribution in [-0.4, -0.2) is 42.0 Å². The van der Waals surface area contributed by atoms with E-state index in [-0.39, 0.29) is 11.9 Å². The maximum absolute atomic E-state index is 10.7. The van der Waals surface area contributed by atoms with Crippen molar-refractivity contribution in [2.75, 3.05) is 13.1 Å². The second kappa shape index (κ2) is 7.98. The van der Waals surface area contributed by atoms with E-state index in [0.29, 0.717) is 26.2 Å². The second-order valence-electron chi connectivity index (χ2n) is 4.81. The molecule has 0 radical (unpaired) electrons. The van der Waals surface area contributed by atoms with E-state index in [4.69, 9.17) is 0 Å². The third kappa shape index (κ3) is 4.57. The van der Waals surface area contributed by atoms with E-state index in [1.54, 1.807) is 12.4 Å². The van der Waals surface area contributed by atoms with E-state index in [0.717, 1.165) is 12.8 Å². The minimum Gasteiger partial charge on any atom is -0.390 e. The van der Waals surface area contributed by atoms with Gasteiger partial charge in [0.2, 0.25) is 0 Å². The maximum atomic E-state index is 10.7. The summed E-state index contributed by atoms with van der Waals surface area (Å²) in [6, 6.07) is 0. The Morgan fingerprint density at radius 1 is 0.913 bits per heavy atom. The molecule has 0 aliphatic rings. The molecule has 0 saturated heterocycles. The van der Waals surface area contributed by atoms with Gasteiger partial charge in [-0.3, -0.25) is 0 Å². The van der Waals surface area contributed by atoms with Crippen LogP contribution in [0.3, 0.4) is 0 Å². The molecule has 0 bridgehead atoms. The van der Waals surface area contributed by atoms with Gasteiger partial charge in [0.05, 0.1) is 13.1 Å². The Bertz CT molecular complexity index is 610. The fourth-order valence-electron chi connectivity index (χ4n) is 2.17. The van der Waals surface area contributed by atoms with Crippen molar-refractivity contribution in [3.63, 3.8) is 0 Å². The largest absolute Gasteiger partial charge is 0.434 e. The van der Waals surface area contributed by atoms with Crippen LogP contribution in [0.2, 0.25) is 0 Å². The zero-order valence-electron chi connectivity index (χ0n) is 12.4. The smallest absolute Gasteiger partial charge is 0.390 e. The van der Waals surface area contributed by atoms with Crippen LogP contribution in [0.15, 0.2) is 24.8 Å². The summed E-state index contributed by atoms with van der Waals surface area (Å²) < 4.78 is 2.99. The van der Waals surface area contributed by atoms with Crippen molar-refractivity contribution in [1.29, 1.82) is 0 Å². The van der Waals surface area contributed by atoms with Crippen LogP contribution in [0.5, 0.6) is 0 Å². The molecule has 0 fully saturated rings. The molecule has 0 saturated carbocycles. The molecule has 2 aromatic heterocycles. The van der Waals surface area contributed by atoms with E-state index in [1.807, 2.05) is 0 Å². The quantitative estimate of drug-likeness (QED) is 0.391. The summed E-state index contributed by atoms with van der Waals surface area (Å²) in [4.78, 5) is 27.7. The highest BCUT2D eigenvalue weighted by Gasteiger charge is 2.14. The molecule has 1 N–H and O–H groups in total. The van der Waals surface area contributed by atoms with E-state index >= 15 is 0 Å². The molecule has 0 atom stereocenters. The Labute approximate surface area is 131 Å². The van der Waals surface area contributed by atoms with Gasteiger partial charge in [-0.2, -0.15) is 0 Å². The average molecular weight is 323 g/mol. The standard InChI is InChI=1S/C12H17N7O4/c20-18(21)11-14-5-9-16(11)7-1-3-13-4-2-8-17-10-6-15-12(17)19(22)23/h5-6,9-10,13H,1-4,7-8H2. The first-order chi connectivity index (χ1) is 11.1. The first kappa shape index (κ1) is 16.5. The molecule has 124 valence electrons. The molecule has 0 aliphatic carbocycles. The SMILES string of the molecule is O=[N+]([O-])c1nccn1CCCNCCCn1ccnc1[N+](=O)[O-]. The maximum Gasteiger partial charge on any atom is 0.434 e. The molecule has 2 rings (SSSR count). The van der Waals surface area contributed by atoms with Crippen molar-refractivity contribution >= 4 is 11.9 Å². The van der Waals surface area contributed by atoms with Crippen molar-refractivity contribution in [2.45, 2.75) is 25.9 Å². The van der Waals surface area contributed by atoms with Crippen molar-refractivity contribution in [3.05, 3.63) is 45.0 Å². The van der Waals surface area contributed by atoms with Gasteiger partial charge in [0, 0.05) is 0 Å². The minimum atomic E-state index is -0.508. The minimum absolute atomic E-state index is 0.155. The molecule has 2 aromatic rings. The Kier molecular flexibility index (Phi) is 5.74. The Morgan fingerprint density at radius 3 is 1.74 bits per heavy atom.